The van der Waals surface area contributed by atoms with Crippen LogP contribution in [-0.4, -0.2) is 28.5 Å². The lowest BCUT2D eigenvalue weighted by Gasteiger charge is -2.38. The zero-order chi connectivity index (χ0) is 15.2. The number of nitro benzene ring substituents is 1. The van der Waals surface area contributed by atoms with Crippen molar-refractivity contribution in [2.75, 3.05) is 13.1 Å². The van der Waals surface area contributed by atoms with Crippen LogP contribution in [0.3, 0.4) is 0 Å². The van der Waals surface area contributed by atoms with E-state index < -0.39 is 5.60 Å². The minimum absolute atomic E-state index is 0.0863. The van der Waals surface area contributed by atoms with Crippen molar-refractivity contribution >= 4 is 5.69 Å². The summed E-state index contributed by atoms with van der Waals surface area (Å²) in [5, 5.41) is 11.3. The Balaban J connectivity index is 2.11. The largest absolute Gasteiger partial charge is 0.479 e. The van der Waals surface area contributed by atoms with E-state index in [4.69, 9.17) is 4.74 Å². The summed E-state index contributed by atoms with van der Waals surface area (Å²) in [7, 11) is 0. The van der Waals surface area contributed by atoms with Gasteiger partial charge in [-0.1, -0.05) is 12.5 Å². The maximum atomic E-state index is 11.3. The van der Waals surface area contributed by atoms with Crippen molar-refractivity contribution < 1.29 is 9.66 Å². The SMILES string of the molecule is Cc1ccc([N+](=O)[O-])c2c1C(N1CCCCC1)C(C)(C)O2. The number of benzene rings is 1. The van der Waals surface area contributed by atoms with Gasteiger partial charge in [-0.3, -0.25) is 15.0 Å². The van der Waals surface area contributed by atoms with Gasteiger partial charge in [0, 0.05) is 11.6 Å². The molecule has 0 amide bonds. The van der Waals surface area contributed by atoms with Crippen LogP contribution in [0.2, 0.25) is 0 Å². The van der Waals surface area contributed by atoms with Crippen LogP contribution in [0.15, 0.2) is 12.1 Å². The molecule has 1 aromatic rings. The second kappa shape index (κ2) is 4.98. The molecule has 21 heavy (non-hydrogen) atoms. The number of aryl methyl sites for hydroxylation is 1. The highest BCUT2D eigenvalue weighted by atomic mass is 16.6. The van der Waals surface area contributed by atoms with E-state index in [1.807, 2.05) is 26.8 Å². The van der Waals surface area contributed by atoms with Crippen molar-refractivity contribution in [3.63, 3.8) is 0 Å². The Labute approximate surface area is 125 Å². The van der Waals surface area contributed by atoms with Crippen molar-refractivity contribution in [3.05, 3.63) is 33.4 Å². The predicted octanol–water partition coefficient (Wildman–Crippen LogP) is 3.60. The van der Waals surface area contributed by atoms with Crippen molar-refractivity contribution in [2.45, 2.75) is 51.7 Å². The third-order valence-corrected chi connectivity index (χ3v) is 4.64. The molecule has 2 aliphatic heterocycles. The molecule has 0 aliphatic carbocycles. The molecule has 0 radical (unpaired) electrons. The summed E-state index contributed by atoms with van der Waals surface area (Å²) in [5.41, 5.74) is 1.74. The molecule has 5 heteroatoms. The quantitative estimate of drug-likeness (QED) is 0.617. The molecule has 1 aromatic carbocycles. The number of likely N-dealkylation sites (tertiary alicyclic amines) is 1. The normalized spacial score (nSPS) is 24.4. The molecular formula is C16H22N2O3. The van der Waals surface area contributed by atoms with Crippen LogP contribution in [0.25, 0.3) is 0 Å². The summed E-state index contributed by atoms with van der Waals surface area (Å²) < 4.78 is 6.05. The lowest BCUT2D eigenvalue weighted by molar-refractivity contribution is -0.386. The van der Waals surface area contributed by atoms with Gasteiger partial charge in [-0.05, 0) is 52.3 Å². The maximum Gasteiger partial charge on any atom is 0.311 e. The molecule has 5 nitrogen and oxygen atoms in total. The summed E-state index contributed by atoms with van der Waals surface area (Å²) in [6.45, 7) is 8.17. The first-order chi connectivity index (χ1) is 9.92. The van der Waals surface area contributed by atoms with Gasteiger partial charge in [0.1, 0.15) is 5.60 Å². The molecule has 1 fully saturated rings. The predicted molar refractivity (Wildman–Crippen MR) is 80.7 cm³/mol. The highest BCUT2D eigenvalue weighted by Gasteiger charge is 2.48. The van der Waals surface area contributed by atoms with E-state index in [1.165, 1.54) is 19.3 Å². The van der Waals surface area contributed by atoms with Gasteiger partial charge in [0.15, 0.2) is 0 Å². The van der Waals surface area contributed by atoms with Crippen LogP contribution in [0.5, 0.6) is 5.75 Å². The van der Waals surface area contributed by atoms with E-state index in [0.29, 0.717) is 5.75 Å². The van der Waals surface area contributed by atoms with Crippen molar-refractivity contribution in [2.24, 2.45) is 0 Å². The van der Waals surface area contributed by atoms with Crippen LogP contribution in [-0.2, 0) is 0 Å². The Morgan fingerprint density at radius 3 is 2.57 bits per heavy atom. The molecule has 1 unspecified atom stereocenters. The number of fused-ring (bicyclic) bond motifs is 1. The Hall–Kier alpha value is -1.62. The fourth-order valence-corrected chi connectivity index (χ4v) is 3.74. The third-order valence-electron chi connectivity index (χ3n) is 4.64. The molecular weight excluding hydrogens is 268 g/mol. The second-order valence-electron chi connectivity index (χ2n) is 6.61. The second-order valence-corrected chi connectivity index (χ2v) is 6.61. The first kappa shape index (κ1) is 14.3. The third kappa shape index (κ3) is 2.29. The summed E-state index contributed by atoms with van der Waals surface area (Å²) in [5.74, 6) is 0.473. The Kier molecular flexibility index (Phi) is 3.40. The molecule has 0 bridgehead atoms. The highest BCUT2D eigenvalue weighted by Crippen LogP contribution is 2.52. The van der Waals surface area contributed by atoms with Gasteiger partial charge in [0.2, 0.25) is 5.75 Å². The monoisotopic (exact) mass is 290 g/mol. The zero-order valence-corrected chi connectivity index (χ0v) is 12.9. The fraction of sp³-hybridized carbons (Fsp3) is 0.625. The zero-order valence-electron chi connectivity index (χ0n) is 12.9. The highest BCUT2D eigenvalue weighted by molar-refractivity contribution is 5.59. The van der Waals surface area contributed by atoms with Gasteiger partial charge in [-0.15, -0.1) is 0 Å². The smallest absolute Gasteiger partial charge is 0.311 e. The van der Waals surface area contributed by atoms with Gasteiger partial charge < -0.3 is 4.74 Å². The number of ether oxygens (including phenoxy) is 1. The topological polar surface area (TPSA) is 55.6 Å². The van der Waals surface area contributed by atoms with E-state index in [0.717, 1.165) is 24.2 Å². The number of hydrogen-bond acceptors (Lipinski definition) is 4. The Bertz CT molecular complexity index is 577. The van der Waals surface area contributed by atoms with E-state index in [2.05, 4.69) is 4.90 Å². The lowest BCUT2D eigenvalue weighted by Crippen LogP contribution is -2.44. The van der Waals surface area contributed by atoms with Gasteiger partial charge >= 0.3 is 5.69 Å². The summed E-state index contributed by atoms with van der Waals surface area (Å²) in [6, 6.07) is 3.51. The number of hydrogen-bond donors (Lipinski definition) is 0. The summed E-state index contributed by atoms with van der Waals surface area (Å²) >= 11 is 0. The molecule has 2 aliphatic rings. The van der Waals surface area contributed by atoms with Gasteiger partial charge in [-0.2, -0.15) is 0 Å². The van der Waals surface area contributed by atoms with Crippen LogP contribution >= 0.6 is 0 Å². The van der Waals surface area contributed by atoms with Gasteiger partial charge in [-0.25, -0.2) is 0 Å². The molecule has 2 heterocycles. The summed E-state index contributed by atoms with van der Waals surface area (Å²) in [6.07, 6.45) is 3.65. The molecule has 1 atom stereocenters. The average molecular weight is 290 g/mol. The summed E-state index contributed by atoms with van der Waals surface area (Å²) in [4.78, 5) is 13.4. The minimum Gasteiger partial charge on any atom is -0.479 e. The minimum atomic E-state index is -0.434. The van der Waals surface area contributed by atoms with E-state index in [1.54, 1.807) is 6.07 Å². The van der Waals surface area contributed by atoms with Crippen molar-refractivity contribution in [1.82, 2.24) is 4.90 Å². The van der Waals surface area contributed by atoms with Crippen LogP contribution in [0.4, 0.5) is 5.69 Å². The molecule has 0 saturated carbocycles. The molecule has 3 rings (SSSR count). The molecule has 0 N–H and O–H groups in total. The van der Waals surface area contributed by atoms with Crippen LogP contribution in [0, 0.1) is 17.0 Å². The Morgan fingerprint density at radius 1 is 1.29 bits per heavy atom. The number of piperidine rings is 1. The first-order valence-corrected chi connectivity index (χ1v) is 7.63. The standard InChI is InChI=1S/C16H22N2O3/c1-11-7-8-12(18(19)20)14-13(11)15(16(2,3)21-14)17-9-5-4-6-10-17/h7-8,15H,4-6,9-10H2,1-3H3. The van der Waals surface area contributed by atoms with Crippen molar-refractivity contribution in [3.8, 4) is 5.75 Å². The maximum absolute atomic E-state index is 11.3. The van der Waals surface area contributed by atoms with E-state index in [-0.39, 0.29) is 16.7 Å². The van der Waals surface area contributed by atoms with Crippen molar-refractivity contribution in [1.29, 1.82) is 0 Å². The Morgan fingerprint density at radius 2 is 1.95 bits per heavy atom. The van der Waals surface area contributed by atoms with Crippen LogP contribution in [0.1, 0.15) is 50.3 Å². The van der Waals surface area contributed by atoms with Gasteiger partial charge in [0.05, 0.1) is 11.0 Å². The number of rotatable bonds is 2. The molecule has 114 valence electrons. The van der Waals surface area contributed by atoms with Gasteiger partial charge in [0.25, 0.3) is 0 Å². The number of nitrogens with zero attached hydrogens (tertiary/aromatic N) is 2. The molecule has 0 spiro atoms. The molecule has 1 saturated heterocycles. The van der Waals surface area contributed by atoms with E-state index in [9.17, 15) is 10.1 Å². The molecule has 0 aromatic heterocycles. The lowest BCUT2D eigenvalue weighted by atomic mass is 9.88. The number of nitro groups is 1. The first-order valence-electron chi connectivity index (χ1n) is 7.63. The van der Waals surface area contributed by atoms with Crippen LogP contribution < -0.4 is 4.74 Å². The fourth-order valence-electron chi connectivity index (χ4n) is 3.74. The van der Waals surface area contributed by atoms with E-state index >= 15 is 0 Å². The average Bonchev–Trinajstić information content (AvgIpc) is 2.71.